The Bertz CT molecular complexity index is 1620. The monoisotopic (exact) mass is 1240 g/mol. The normalized spacial score (nSPS) is 14.1. The van der Waals surface area contributed by atoms with E-state index in [9.17, 15) is 43.2 Å². The fourth-order valence-corrected chi connectivity index (χ4v) is 11.4. The van der Waals surface area contributed by atoms with Crippen LogP contribution in [0.1, 0.15) is 336 Å². The number of esters is 4. The van der Waals surface area contributed by atoms with E-state index in [0.29, 0.717) is 25.7 Å². The molecule has 0 aliphatic carbocycles. The topological polar surface area (TPSA) is 237 Å². The van der Waals surface area contributed by atoms with Crippen molar-refractivity contribution in [2.75, 3.05) is 39.6 Å². The number of unbranched alkanes of at least 4 members (excludes halogenated alkanes) is 40. The number of aliphatic hydroxyl groups excluding tert-OH is 1. The van der Waals surface area contributed by atoms with Crippen LogP contribution in [0.15, 0.2) is 0 Å². The molecule has 2 unspecified atom stereocenters. The van der Waals surface area contributed by atoms with E-state index in [0.717, 1.165) is 109 Å². The number of ether oxygens (including phenoxy) is 4. The molecule has 3 N–H and O–H groups in total. The van der Waals surface area contributed by atoms with Gasteiger partial charge in [-0.05, 0) is 25.7 Å². The molecule has 0 radical (unpaired) electrons. The van der Waals surface area contributed by atoms with Gasteiger partial charge in [-0.25, -0.2) is 9.13 Å². The summed E-state index contributed by atoms with van der Waals surface area (Å²) in [6, 6.07) is 0. The molecule has 84 heavy (non-hydrogen) atoms. The molecule has 0 aromatic rings. The number of aliphatic hydroxyl groups is 1. The zero-order valence-corrected chi connectivity index (χ0v) is 55.7. The minimum Gasteiger partial charge on any atom is -0.462 e. The van der Waals surface area contributed by atoms with E-state index < -0.39 is 97.5 Å². The maximum atomic E-state index is 13.0. The van der Waals surface area contributed by atoms with E-state index in [4.69, 9.17) is 37.0 Å². The van der Waals surface area contributed by atoms with E-state index in [1.165, 1.54) is 148 Å². The second-order valence-corrected chi connectivity index (χ2v) is 26.4. The Morgan fingerprint density at radius 3 is 0.702 bits per heavy atom. The molecule has 0 aromatic carbocycles. The van der Waals surface area contributed by atoms with E-state index in [1.54, 1.807) is 0 Å². The Morgan fingerprint density at radius 1 is 0.286 bits per heavy atom. The number of rotatable bonds is 66. The molecule has 0 bridgehead atoms. The first kappa shape index (κ1) is 82.1. The highest BCUT2D eigenvalue weighted by atomic mass is 31.2. The van der Waals surface area contributed by atoms with Crippen LogP contribution in [-0.4, -0.2) is 96.7 Å². The smallest absolute Gasteiger partial charge is 0.462 e. The summed E-state index contributed by atoms with van der Waals surface area (Å²) in [5.41, 5.74) is 0. The summed E-state index contributed by atoms with van der Waals surface area (Å²) in [7, 11) is -9.87. The molecule has 0 spiro atoms. The van der Waals surface area contributed by atoms with Crippen LogP contribution in [0.3, 0.4) is 0 Å². The van der Waals surface area contributed by atoms with Crippen LogP contribution in [0.25, 0.3) is 0 Å². The molecule has 5 atom stereocenters. The molecule has 0 saturated heterocycles. The number of phosphoric acid groups is 2. The minimum absolute atomic E-state index is 0.105. The highest BCUT2D eigenvalue weighted by molar-refractivity contribution is 7.47. The van der Waals surface area contributed by atoms with Crippen LogP contribution in [0.4, 0.5) is 0 Å². The van der Waals surface area contributed by atoms with Crippen LogP contribution >= 0.6 is 15.6 Å². The zero-order chi connectivity index (χ0) is 61.9. The third kappa shape index (κ3) is 59.0. The quantitative estimate of drug-likeness (QED) is 0.0222. The first-order chi connectivity index (χ1) is 40.7. The average molecular weight is 1240 g/mol. The SMILES string of the molecule is CCCCCCCCCCCCCCCCCCCCCCC(=O)O[C@H](COC(=O)CCCCCCCCCC)COP(=O)(O)OC[C@@H](O)COP(=O)(O)OC[C@@H](COC(=O)CCCCCCCCCC)OC(=O)CCCCCCCCCC. The number of carbonyl (C=O) groups is 4. The lowest BCUT2D eigenvalue weighted by Crippen LogP contribution is -2.30. The predicted octanol–water partition coefficient (Wildman–Crippen LogP) is 18.3. The largest absolute Gasteiger partial charge is 0.472 e. The van der Waals surface area contributed by atoms with Crippen molar-refractivity contribution < 1.29 is 80.2 Å². The van der Waals surface area contributed by atoms with Crippen LogP contribution in [0.5, 0.6) is 0 Å². The van der Waals surface area contributed by atoms with E-state index in [-0.39, 0.29) is 25.7 Å². The molecule has 0 saturated carbocycles. The van der Waals surface area contributed by atoms with Gasteiger partial charge in [-0.1, -0.05) is 285 Å². The van der Waals surface area contributed by atoms with Crippen molar-refractivity contribution in [1.82, 2.24) is 0 Å². The number of hydrogen-bond acceptors (Lipinski definition) is 15. The highest BCUT2D eigenvalue weighted by Gasteiger charge is 2.30. The Labute approximate surface area is 511 Å². The van der Waals surface area contributed by atoms with E-state index >= 15 is 0 Å². The molecule has 0 heterocycles. The molecule has 17 nitrogen and oxygen atoms in total. The van der Waals surface area contributed by atoms with Gasteiger partial charge >= 0.3 is 39.5 Å². The molecular formula is C65H126O17P2. The summed E-state index contributed by atoms with van der Waals surface area (Å²) in [6.45, 7) is 4.82. The summed E-state index contributed by atoms with van der Waals surface area (Å²) in [4.78, 5) is 72.0. The van der Waals surface area contributed by atoms with Gasteiger partial charge < -0.3 is 33.8 Å². The Hall–Kier alpha value is -1.94. The van der Waals surface area contributed by atoms with Crippen molar-refractivity contribution in [3.05, 3.63) is 0 Å². The first-order valence-electron chi connectivity index (χ1n) is 34.3. The van der Waals surface area contributed by atoms with Crippen LogP contribution < -0.4 is 0 Å². The van der Waals surface area contributed by atoms with E-state index in [1.807, 2.05) is 0 Å². The molecule has 19 heteroatoms. The van der Waals surface area contributed by atoms with Gasteiger partial charge in [-0.2, -0.15) is 0 Å². The third-order valence-corrected chi connectivity index (χ3v) is 17.0. The maximum absolute atomic E-state index is 13.0. The van der Waals surface area contributed by atoms with Gasteiger partial charge in [0.1, 0.15) is 19.3 Å². The number of phosphoric ester groups is 2. The highest BCUT2D eigenvalue weighted by Crippen LogP contribution is 2.45. The molecule has 0 aliphatic heterocycles. The lowest BCUT2D eigenvalue weighted by Gasteiger charge is -2.21. The summed E-state index contributed by atoms with van der Waals surface area (Å²) in [6.07, 6.45) is 46.2. The Kier molecular flexibility index (Phi) is 58.6. The molecule has 0 fully saturated rings. The van der Waals surface area contributed by atoms with Crippen molar-refractivity contribution in [2.24, 2.45) is 0 Å². The van der Waals surface area contributed by atoms with Crippen LogP contribution in [0, 0.1) is 0 Å². The summed E-state index contributed by atoms with van der Waals surface area (Å²) < 4.78 is 67.8. The molecule has 0 aliphatic rings. The molecular weight excluding hydrogens is 1110 g/mol. The van der Waals surface area contributed by atoms with Gasteiger partial charge in [-0.15, -0.1) is 0 Å². The molecule has 498 valence electrons. The van der Waals surface area contributed by atoms with Crippen molar-refractivity contribution >= 4 is 39.5 Å². The average Bonchev–Trinajstić information content (AvgIpc) is 3.65. The van der Waals surface area contributed by atoms with Gasteiger partial charge in [0.25, 0.3) is 0 Å². The van der Waals surface area contributed by atoms with Crippen LogP contribution in [0.2, 0.25) is 0 Å². The predicted molar refractivity (Wildman–Crippen MR) is 335 cm³/mol. The lowest BCUT2D eigenvalue weighted by atomic mass is 10.0. The molecule has 0 rings (SSSR count). The maximum Gasteiger partial charge on any atom is 0.472 e. The summed E-state index contributed by atoms with van der Waals surface area (Å²) >= 11 is 0. The molecule has 0 amide bonds. The third-order valence-electron chi connectivity index (χ3n) is 15.1. The van der Waals surface area contributed by atoms with E-state index in [2.05, 4.69) is 27.7 Å². The standard InChI is InChI=1S/C65H126O17P2/c1-5-9-13-17-21-25-26-27-28-29-30-31-32-33-34-35-36-40-44-48-52-65(70)82-61(56-76-63(68)50-46-42-38-23-19-15-11-7-3)58-80-84(73,74)78-54-59(66)53-77-83(71,72)79-57-60(81-64(69)51-47-43-39-24-20-16-12-8-4)55-75-62(67)49-45-41-37-22-18-14-10-6-2/h59-61,66H,5-58H2,1-4H3,(H,71,72)(H,73,74)/t59-,60+,61+/m0/s1. The molecule has 0 aromatic heterocycles. The second-order valence-electron chi connectivity index (χ2n) is 23.5. The fraction of sp³-hybridized carbons (Fsp3) is 0.938. The summed E-state index contributed by atoms with van der Waals surface area (Å²) in [5.74, 6) is -2.14. The second kappa shape index (κ2) is 60.0. The number of carbonyl (C=O) groups excluding carboxylic acids is 4. The van der Waals surface area contributed by atoms with Gasteiger partial charge in [0.05, 0.1) is 26.4 Å². The van der Waals surface area contributed by atoms with Gasteiger partial charge in [0, 0.05) is 25.7 Å². The van der Waals surface area contributed by atoms with Gasteiger partial charge in [0.15, 0.2) is 12.2 Å². The first-order valence-corrected chi connectivity index (χ1v) is 37.3. The summed E-state index contributed by atoms with van der Waals surface area (Å²) in [5, 5.41) is 10.5. The Morgan fingerprint density at radius 2 is 0.476 bits per heavy atom. The lowest BCUT2D eigenvalue weighted by molar-refractivity contribution is -0.161. The number of hydrogen-bond donors (Lipinski definition) is 3. The van der Waals surface area contributed by atoms with Crippen molar-refractivity contribution in [1.29, 1.82) is 0 Å². The van der Waals surface area contributed by atoms with Crippen molar-refractivity contribution in [3.63, 3.8) is 0 Å². The fourth-order valence-electron chi connectivity index (χ4n) is 9.81. The zero-order valence-electron chi connectivity index (χ0n) is 53.9. The van der Waals surface area contributed by atoms with Crippen molar-refractivity contribution in [2.45, 2.75) is 354 Å². The Balaban J connectivity index is 5.08. The van der Waals surface area contributed by atoms with Gasteiger partial charge in [0.2, 0.25) is 0 Å². The minimum atomic E-state index is -4.94. The van der Waals surface area contributed by atoms with Crippen molar-refractivity contribution in [3.8, 4) is 0 Å². The van der Waals surface area contributed by atoms with Gasteiger partial charge in [-0.3, -0.25) is 37.3 Å². The van der Waals surface area contributed by atoms with Crippen LogP contribution in [-0.2, 0) is 65.4 Å².